The second kappa shape index (κ2) is 5.64. The van der Waals surface area contributed by atoms with E-state index in [1.54, 1.807) is 0 Å². The van der Waals surface area contributed by atoms with E-state index in [9.17, 15) is 0 Å². The number of rotatable bonds is 3. The van der Waals surface area contributed by atoms with E-state index in [0.717, 1.165) is 26.0 Å². The van der Waals surface area contributed by atoms with Crippen molar-refractivity contribution >= 4 is 11.8 Å². The van der Waals surface area contributed by atoms with Crippen molar-refractivity contribution in [3.8, 4) is 0 Å². The lowest BCUT2D eigenvalue weighted by atomic mass is 9.99. The van der Waals surface area contributed by atoms with Gasteiger partial charge in [-0.2, -0.15) is 0 Å². The SMILES string of the molecule is CC1CC(NCC2CSc3ccccc32)CCO1. The molecule has 3 heteroatoms. The highest BCUT2D eigenvalue weighted by Gasteiger charge is 2.25. The van der Waals surface area contributed by atoms with Crippen LogP contribution in [0.5, 0.6) is 0 Å². The van der Waals surface area contributed by atoms with Crippen molar-refractivity contribution in [1.29, 1.82) is 0 Å². The molecule has 0 radical (unpaired) electrons. The summed E-state index contributed by atoms with van der Waals surface area (Å²) < 4.78 is 5.59. The molecular weight excluding hydrogens is 242 g/mol. The summed E-state index contributed by atoms with van der Waals surface area (Å²) in [4.78, 5) is 1.48. The van der Waals surface area contributed by atoms with Crippen molar-refractivity contribution in [2.24, 2.45) is 0 Å². The van der Waals surface area contributed by atoms with E-state index in [4.69, 9.17) is 4.74 Å². The maximum atomic E-state index is 5.59. The highest BCUT2D eigenvalue weighted by molar-refractivity contribution is 7.99. The molecule has 0 saturated carbocycles. The molecule has 2 nitrogen and oxygen atoms in total. The largest absolute Gasteiger partial charge is 0.378 e. The first-order valence-electron chi connectivity index (χ1n) is 6.89. The van der Waals surface area contributed by atoms with Crippen molar-refractivity contribution in [3.63, 3.8) is 0 Å². The molecule has 3 rings (SSSR count). The Labute approximate surface area is 113 Å². The Bertz CT molecular complexity index is 409. The van der Waals surface area contributed by atoms with E-state index in [-0.39, 0.29) is 0 Å². The molecule has 1 aromatic rings. The van der Waals surface area contributed by atoms with Gasteiger partial charge in [-0.05, 0) is 31.4 Å². The minimum atomic E-state index is 0.418. The molecule has 1 fully saturated rings. The van der Waals surface area contributed by atoms with Crippen molar-refractivity contribution in [2.45, 2.75) is 42.7 Å². The quantitative estimate of drug-likeness (QED) is 0.905. The Morgan fingerprint density at radius 2 is 2.28 bits per heavy atom. The normalized spacial score (nSPS) is 31.3. The lowest BCUT2D eigenvalue weighted by Crippen LogP contribution is -2.39. The number of thioether (sulfide) groups is 1. The molecule has 1 saturated heterocycles. The molecule has 1 N–H and O–H groups in total. The minimum absolute atomic E-state index is 0.418. The molecule has 0 bridgehead atoms. The summed E-state index contributed by atoms with van der Waals surface area (Å²) in [5.41, 5.74) is 1.54. The molecule has 0 amide bonds. The lowest BCUT2D eigenvalue weighted by molar-refractivity contribution is 0.0132. The fraction of sp³-hybridized carbons (Fsp3) is 0.600. The predicted molar refractivity (Wildman–Crippen MR) is 76.3 cm³/mol. The fourth-order valence-corrected chi connectivity index (χ4v) is 4.14. The minimum Gasteiger partial charge on any atom is -0.378 e. The molecule has 3 atom stereocenters. The summed E-state index contributed by atoms with van der Waals surface area (Å²) >= 11 is 2.00. The Kier molecular flexibility index (Phi) is 3.92. The predicted octanol–water partition coefficient (Wildman–Crippen LogP) is 3.03. The van der Waals surface area contributed by atoms with Gasteiger partial charge in [0.2, 0.25) is 0 Å². The number of hydrogen-bond acceptors (Lipinski definition) is 3. The van der Waals surface area contributed by atoms with Gasteiger partial charge in [0.05, 0.1) is 6.10 Å². The molecule has 98 valence electrons. The molecular formula is C15H21NOS. The molecule has 0 spiro atoms. The standard InChI is InChI=1S/C15H21NOS/c1-11-8-13(6-7-17-11)16-9-12-10-18-15-5-3-2-4-14(12)15/h2-5,11-13,16H,6-10H2,1H3. The highest BCUT2D eigenvalue weighted by Crippen LogP contribution is 2.38. The van der Waals surface area contributed by atoms with Crippen LogP contribution in [-0.2, 0) is 4.74 Å². The average molecular weight is 263 g/mol. The van der Waals surface area contributed by atoms with Gasteiger partial charge in [-0.3, -0.25) is 0 Å². The zero-order valence-electron chi connectivity index (χ0n) is 10.9. The summed E-state index contributed by atoms with van der Waals surface area (Å²) in [6.45, 7) is 4.20. The first-order valence-corrected chi connectivity index (χ1v) is 7.88. The van der Waals surface area contributed by atoms with Crippen LogP contribution >= 0.6 is 11.8 Å². The van der Waals surface area contributed by atoms with Crippen molar-refractivity contribution < 1.29 is 4.74 Å². The van der Waals surface area contributed by atoms with Crippen molar-refractivity contribution in [1.82, 2.24) is 5.32 Å². The van der Waals surface area contributed by atoms with Gasteiger partial charge >= 0.3 is 0 Å². The van der Waals surface area contributed by atoms with Crippen LogP contribution in [0.25, 0.3) is 0 Å². The highest BCUT2D eigenvalue weighted by atomic mass is 32.2. The number of fused-ring (bicyclic) bond motifs is 1. The smallest absolute Gasteiger partial charge is 0.0561 e. The maximum Gasteiger partial charge on any atom is 0.0561 e. The van der Waals surface area contributed by atoms with Gasteiger partial charge in [0.15, 0.2) is 0 Å². The maximum absolute atomic E-state index is 5.59. The lowest BCUT2D eigenvalue weighted by Gasteiger charge is -2.29. The Balaban J connectivity index is 1.55. The van der Waals surface area contributed by atoms with Gasteiger partial charge in [-0.25, -0.2) is 0 Å². The molecule has 0 aliphatic carbocycles. The fourth-order valence-electron chi connectivity index (χ4n) is 2.89. The van der Waals surface area contributed by atoms with Crippen LogP contribution in [-0.4, -0.2) is 31.1 Å². The van der Waals surface area contributed by atoms with Crippen LogP contribution in [0.4, 0.5) is 0 Å². The van der Waals surface area contributed by atoms with Crippen LogP contribution in [0.2, 0.25) is 0 Å². The average Bonchev–Trinajstić information content (AvgIpc) is 2.80. The number of benzene rings is 1. The van der Waals surface area contributed by atoms with Crippen LogP contribution in [0.15, 0.2) is 29.2 Å². The van der Waals surface area contributed by atoms with E-state index in [0.29, 0.717) is 18.1 Å². The van der Waals surface area contributed by atoms with Crippen LogP contribution < -0.4 is 5.32 Å². The zero-order valence-corrected chi connectivity index (χ0v) is 11.7. The van der Waals surface area contributed by atoms with Gasteiger partial charge in [0.1, 0.15) is 0 Å². The third kappa shape index (κ3) is 2.73. The summed E-state index contributed by atoms with van der Waals surface area (Å²) in [7, 11) is 0. The van der Waals surface area contributed by atoms with Gasteiger partial charge in [0.25, 0.3) is 0 Å². The van der Waals surface area contributed by atoms with Crippen molar-refractivity contribution in [3.05, 3.63) is 29.8 Å². The number of hydrogen-bond donors (Lipinski definition) is 1. The molecule has 1 aromatic carbocycles. The van der Waals surface area contributed by atoms with Gasteiger partial charge in [-0.1, -0.05) is 18.2 Å². The monoisotopic (exact) mass is 263 g/mol. The zero-order chi connectivity index (χ0) is 12.4. The topological polar surface area (TPSA) is 21.3 Å². The van der Waals surface area contributed by atoms with E-state index in [1.165, 1.54) is 16.2 Å². The summed E-state index contributed by atoms with van der Waals surface area (Å²) in [6.07, 6.45) is 2.73. The second-order valence-electron chi connectivity index (χ2n) is 5.36. The van der Waals surface area contributed by atoms with Gasteiger partial charge in [-0.15, -0.1) is 11.8 Å². The summed E-state index contributed by atoms with van der Waals surface area (Å²) in [5.74, 6) is 1.91. The third-order valence-electron chi connectivity index (χ3n) is 3.94. The van der Waals surface area contributed by atoms with Crippen molar-refractivity contribution in [2.75, 3.05) is 18.9 Å². The molecule has 0 aromatic heterocycles. The second-order valence-corrected chi connectivity index (χ2v) is 6.42. The van der Waals surface area contributed by atoms with Gasteiger partial charge < -0.3 is 10.1 Å². The Morgan fingerprint density at radius 3 is 3.17 bits per heavy atom. The van der Waals surface area contributed by atoms with Crippen LogP contribution in [0, 0.1) is 0 Å². The molecule has 2 heterocycles. The Hall–Kier alpha value is -0.510. The summed E-state index contributed by atoms with van der Waals surface area (Å²) in [6, 6.07) is 9.48. The van der Waals surface area contributed by atoms with E-state index in [1.807, 2.05) is 11.8 Å². The molecule has 18 heavy (non-hydrogen) atoms. The van der Waals surface area contributed by atoms with E-state index in [2.05, 4.69) is 36.5 Å². The van der Waals surface area contributed by atoms with E-state index >= 15 is 0 Å². The van der Waals surface area contributed by atoms with E-state index < -0.39 is 0 Å². The van der Waals surface area contributed by atoms with Crippen LogP contribution in [0.1, 0.15) is 31.2 Å². The molecule has 2 aliphatic heterocycles. The Morgan fingerprint density at radius 1 is 1.39 bits per heavy atom. The first kappa shape index (κ1) is 12.5. The number of nitrogens with one attached hydrogen (secondary N) is 1. The summed E-state index contributed by atoms with van der Waals surface area (Å²) in [5, 5.41) is 3.74. The van der Waals surface area contributed by atoms with Crippen LogP contribution in [0.3, 0.4) is 0 Å². The molecule has 3 unspecified atom stereocenters. The number of ether oxygens (including phenoxy) is 1. The third-order valence-corrected chi connectivity index (χ3v) is 5.19. The molecule has 2 aliphatic rings. The van der Waals surface area contributed by atoms with Gasteiger partial charge in [0, 0.05) is 35.8 Å². The first-order chi connectivity index (χ1) is 8.83.